The van der Waals surface area contributed by atoms with Crippen LogP contribution in [-0.2, 0) is 4.79 Å². The molecule has 0 saturated carbocycles. The highest BCUT2D eigenvalue weighted by molar-refractivity contribution is 8.00. The third-order valence-corrected chi connectivity index (χ3v) is 4.41. The Kier molecular flexibility index (Phi) is 5.12. The number of hydrogen-bond acceptors (Lipinski definition) is 3. The fraction of sp³-hybridized carbons (Fsp3) is 0.467. The van der Waals surface area contributed by atoms with Gasteiger partial charge in [-0.25, -0.2) is 4.79 Å². The van der Waals surface area contributed by atoms with E-state index in [1.807, 2.05) is 24.3 Å². The van der Waals surface area contributed by atoms with E-state index in [1.165, 1.54) is 4.90 Å². The van der Waals surface area contributed by atoms with Crippen LogP contribution in [0.15, 0.2) is 29.2 Å². The minimum atomic E-state index is -0.491. The lowest BCUT2D eigenvalue weighted by atomic mass is 10.2. The number of nitrogens with one attached hydrogen (secondary N) is 1. The molecule has 0 aromatic heterocycles. The molecule has 1 fully saturated rings. The molecular formula is C15H21N3O2S. The summed E-state index contributed by atoms with van der Waals surface area (Å²) in [5, 5.41) is 3.33. The van der Waals surface area contributed by atoms with Crippen molar-refractivity contribution >= 4 is 29.4 Å². The Bertz CT molecular complexity index is 533. The molecule has 3 amide bonds. The Morgan fingerprint density at radius 1 is 1.38 bits per heavy atom. The number of hydrogen-bond donors (Lipinski definition) is 2. The van der Waals surface area contributed by atoms with Crippen molar-refractivity contribution in [3.8, 4) is 0 Å². The van der Waals surface area contributed by atoms with Gasteiger partial charge in [-0.05, 0) is 25.0 Å². The molecule has 1 saturated heterocycles. The van der Waals surface area contributed by atoms with Crippen molar-refractivity contribution in [2.24, 2.45) is 5.73 Å². The zero-order valence-electron chi connectivity index (χ0n) is 12.3. The van der Waals surface area contributed by atoms with Crippen molar-refractivity contribution < 1.29 is 9.59 Å². The first-order valence-corrected chi connectivity index (χ1v) is 7.99. The Morgan fingerprint density at radius 2 is 2.10 bits per heavy atom. The molecule has 1 aliphatic heterocycles. The van der Waals surface area contributed by atoms with Gasteiger partial charge in [-0.15, -0.1) is 11.8 Å². The number of carbonyl (C=O) groups is 2. The maximum atomic E-state index is 12.4. The molecule has 21 heavy (non-hydrogen) atoms. The summed E-state index contributed by atoms with van der Waals surface area (Å²) < 4.78 is 0. The van der Waals surface area contributed by atoms with Gasteiger partial charge in [0.2, 0.25) is 5.91 Å². The van der Waals surface area contributed by atoms with E-state index in [9.17, 15) is 9.59 Å². The van der Waals surface area contributed by atoms with Gasteiger partial charge in [0, 0.05) is 16.7 Å². The van der Waals surface area contributed by atoms with E-state index in [0.29, 0.717) is 18.2 Å². The Labute approximate surface area is 129 Å². The molecule has 3 N–H and O–H groups in total. The van der Waals surface area contributed by atoms with Crippen LogP contribution >= 0.6 is 11.8 Å². The van der Waals surface area contributed by atoms with Gasteiger partial charge >= 0.3 is 6.03 Å². The second-order valence-electron chi connectivity index (χ2n) is 5.35. The molecule has 2 rings (SSSR count). The highest BCUT2D eigenvalue weighted by Crippen LogP contribution is 2.30. The van der Waals surface area contributed by atoms with Crippen molar-refractivity contribution in [3.05, 3.63) is 24.3 Å². The Morgan fingerprint density at radius 3 is 2.76 bits per heavy atom. The van der Waals surface area contributed by atoms with Gasteiger partial charge in [-0.3, -0.25) is 4.79 Å². The maximum Gasteiger partial charge on any atom is 0.322 e. The molecule has 1 heterocycles. The molecule has 5 nitrogen and oxygen atoms in total. The number of nitrogens with two attached hydrogens (primary N) is 1. The Hall–Kier alpha value is -1.69. The molecule has 1 atom stereocenters. The number of rotatable bonds is 4. The lowest BCUT2D eigenvalue weighted by Gasteiger charge is -2.23. The predicted molar refractivity (Wildman–Crippen MR) is 85.4 cm³/mol. The average Bonchev–Trinajstić information content (AvgIpc) is 2.90. The summed E-state index contributed by atoms with van der Waals surface area (Å²) >= 11 is 1.69. The molecule has 1 aliphatic rings. The van der Waals surface area contributed by atoms with Crippen molar-refractivity contribution in [2.45, 2.75) is 42.9 Å². The highest BCUT2D eigenvalue weighted by atomic mass is 32.2. The van der Waals surface area contributed by atoms with E-state index < -0.39 is 11.9 Å². The summed E-state index contributed by atoms with van der Waals surface area (Å²) in [4.78, 5) is 26.3. The third kappa shape index (κ3) is 3.91. The van der Waals surface area contributed by atoms with Gasteiger partial charge in [0.15, 0.2) is 0 Å². The molecule has 1 aromatic rings. The van der Waals surface area contributed by atoms with Crippen LogP contribution in [0.4, 0.5) is 10.5 Å². The largest absolute Gasteiger partial charge is 0.368 e. The lowest BCUT2D eigenvalue weighted by molar-refractivity contribution is -0.121. The fourth-order valence-corrected chi connectivity index (χ4v) is 3.33. The summed E-state index contributed by atoms with van der Waals surface area (Å²) in [7, 11) is 0. The topological polar surface area (TPSA) is 75.4 Å². The molecule has 114 valence electrons. The fourth-order valence-electron chi connectivity index (χ4n) is 2.42. The summed E-state index contributed by atoms with van der Waals surface area (Å²) in [5.74, 6) is -0.438. The average molecular weight is 307 g/mol. The number of primary amides is 1. The number of amides is 3. The highest BCUT2D eigenvalue weighted by Gasteiger charge is 2.32. The van der Waals surface area contributed by atoms with Gasteiger partial charge < -0.3 is 16.0 Å². The van der Waals surface area contributed by atoms with Crippen LogP contribution in [0.3, 0.4) is 0 Å². The smallest absolute Gasteiger partial charge is 0.322 e. The molecule has 1 aromatic carbocycles. The van der Waals surface area contributed by atoms with Crippen LogP contribution in [0.1, 0.15) is 26.7 Å². The minimum absolute atomic E-state index is 0.256. The third-order valence-electron chi connectivity index (χ3n) is 3.33. The molecular weight excluding hydrogens is 286 g/mol. The maximum absolute atomic E-state index is 12.4. The summed E-state index contributed by atoms with van der Waals surface area (Å²) in [6, 6.07) is 6.94. The predicted octanol–water partition coefficient (Wildman–Crippen LogP) is 2.67. The molecule has 0 unspecified atom stereocenters. The first kappa shape index (κ1) is 15.7. The van der Waals surface area contributed by atoms with E-state index in [0.717, 1.165) is 17.0 Å². The summed E-state index contributed by atoms with van der Waals surface area (Å²) in [6.45, 7) is 4.78. The SMILES string of the molecule is CC(C)Sc1ccccc1NC(=O)N1CCC[C@H]1C(N)=O. The van der Waals surface area contributed by atoms with Crippen molar-refractivity contribution in [3.63, 3.8) is 0 Å². The number of urea groups is 1. The number of likely N-dealkylation sites (tertiary alicyclic amines) is 1. The number of benzene rings is 1. The standard InChI is InChI=1S/C15H21N3O2S/c1-10(2)21-13-8-4-3-6-11(13)17-15(20)18-9-5-7-12(18)14(16)19/h3-4,6,8,10,12H,5,7,9H2,1-2H3,(H2,16,19)(H,17,20)/t12-/m0/s1. The van der Waals surface area contributed by atoms with Crippen molar-refractivity contribution in [1.29, 1.82) is 0 Å². The number of para-hydroxylation sites is 1. The molecule has 0 aliphatic carbocycles. The first-order valence-electron chi connectivity index (χ1n) is 7.11. The summed E-state index contributed by atoms with van der Waals surface area (Å²) in [6.07, 6.45) is 1.45. The van der Waals surface area contributed by atoms with Crippen LogP contribution in [0.5, 0.6) is 0 Å². The van der Waals surface area contributed by atoms with Crippen LogP contribution < -0.4 is 11.1 Å². The van der Waals surface area contributed by atoms with Crippen molar-refractivity contribution in [1.82, 2.24) is 4.90 Å². The summed E-state index contributed by atoms with van der Waals surface area (Å²) in [5.41, 5.74) is 6.12. The quantitative estimate of drug-likeness (QED) is 0.840. The monoisotopic (exact) mass is 307 g/mol. The lowest BCUT2D eigenvalue weighted by Crippen LogP contribution is -2.45. The number of nitrogens with zero attached hydrogens (tertiary/aromatic N) is 1. The van der Waals surface area contributed by atoms with Gasteiger partial charge in [-0.2, -0.15) is 0 Å². The van der Waals surface area contributed by atoms with E-state index in [2.05, 4.69) is 19.2 Å². The van der Waals surface area contributed by atoms with Gasteiger partial charge in [0.1, 0.15) is 6.04 Å². The van der Waals surface area contributed by atoms with Crippen LogP contribution in [-0.4, -0.2) is 34.7 Å². The second kappa shape index (κ2) is 6.85. The normalized spacial score (nSPS) is 18.0. The Balaban J connectivity index is 2.11. The van der Waals surface area contributed by atoms with Gasteiger partial charge in [0.05, 0.1) is 5.69 Å². The zero-order chi connectivity index (χ0) is 15.4. The van der Waals surface area contributed by atoms with Crippen molar-refractivity contribution in [2.75, 3.05) is 11.9 Å². The van der Waals surface area contributed by atoms with Crippen LogP contribution in [0.25, 0.3) is 0 Å². The molecule has 0 spiro atoms. The molecule has 0 bridgehead atoms. The number of thioether (sulfide) groups is 1. The first-order chi connectivity index (χ1) is 9.99. The second-order valence-corrected chi connectivity index (χ2v) is 6.97. The van der Waals surface area contributed by atoms with E-state index in [4.69, 9.17) is 5.73 Å². The van der Waals surface area contributed by atoms with Crippen LogP contribution in [0, 0.1) is 0 Å². The van der Waals surface area contributed by atoms with Gasteiger partial charge in [0.25, 0.3) is 0 Å². The van der Waals surface area contributed by atoms with E-state index >= 15 is 0 Å². The minimum Gasteiger partial charge on any atom is -0.368 e. The van der Waals surface area contributed by atoms with Crippen LogP contribution in [0.2, 0.25) is 0 Å². The van der Waals surface area contributed by atoms with E-state index in [1.54, 1.807) is 11.8 Å². The van der Waals surface area contributed by atoms with E-state index in [-0.39, 0.29) is 6.03 Å². The van der Waals surface area contributed by atoms with Gasteiger partial charge in [-0.1, -0.05) is 26.0 Å². The molecule has 0 radical (unpaired) electrons. The molecule has 6 heteroatoms. The number of carbonyl (C=O) groups excluding carboxylic acids is 2. The number of anilines is 1. The zero-order valence-corrected chi connectivity index (χ0v) is 13.2.